The van der Waals surface area contributed by atoms with E-state index in [0.717, 1.165) is 33.3 Å². The lowest BCUT2D eigenvalue weighted by molar-refractivity contribution is -0.116. The fourth-order valence-electron chi connectivity index (χ4n) is 3.53. The molecule has 0 aliphatic heterocycles. The van der Waals surface area contributed by atoms with E-state index >= 15 is 0 Å². The summed E-state index contributed by atoms with van der Waals surface area (Å²) in [6.45, 7) is 8.32. The average molecular weight is 348 g/mol. The van der Waals surface area contributed by atoms with Gasteiger partial charge in [-0.1, -0.05) is 35.9 Å². The molecule has 4 nitrogen and oxygen atoms in total. The normalized spacial score (nSPS) is 10.9. The highest BCUT2D eigenvalue weighted by molar-refractivity contribution is 5.92. The number of aromatic nitrogens is 1. The summed E-state index contributed by atoms with van der Waals surface area (Å²) in [4.78, 5) is 24.9. The van der Waals surface area contributed by atoms with Gasteiger partial charge in [0.05, 0.1) is 5.52 Å². The first-order valence-corrected chi connectivity index (χ1v) is 8.83. The van der Waals surface area contributed by atoms with E-state index in [-0.39, 0.29) is 17.9 Å². The molecule has 0 aliphatic carbocycles. The topological polar surface area (TPSA) is 51.1 Å². The molecule has 0 saturated carbocycles. The van der Waals surface area contributed by atoms with Gasteiger partial charge in [0, 0.05) is 30.1 Å². The van der Waals surface area contributed by atoms with Gasteiger partial charge in [-0.05, 0) is 50.5 Å². The number of hydrogen-bond donors (Lipinski definition) is 1. The van der Waals surface area contributed by atoms with Gasteiger partial charge in [-0.25, -0.2) is 0 Å². The number of nitrogens with one attached hydrogen (secondary N) is 1. The second-order valence-corrected chi connectivity index (χ2v) is 6.91. The van der Waals surface area contributed by atoms with Crippen molar-refractivity contribution in [3.63, 3.8) is 0 Å². The number of fused-ring (bicyclic) bond motifs is 1. The molecule has 0 unspecified atom stereocenters. The molecule has 3 rings (SSSR count). The molecule has 0 spiro atoms. The van der Waals surface area contributed by atoms with Gasteiger partial charge in [0.15, 0.2) is 0 Å². The van der Waals surface area contributed by atoms with Crippen LogP contribution in [0.25, 0.3) is 10.9 Å². The van der Waals surface area contributed by atoms with Crippen molar-refractivity contribution in [2.24, 2.45) is 0 Å². The van der Waals surface area contributed by atoms with E-state index in [1.807, 2.05) is 52.0 Å². The van der Waals surface area contributed by atoms with Gasteiger partial charge in [-0.2, -0.15) is 0 Å². The molecular formula is C22H24N2O2. The molecule has 4 heteroatoms. The number of aryl methyl sites for hydroxylation is 5. The molecule has 1 N–H and O–H groups in total. The standard InChI is InChI=1S/C22H24N2O2/c1-14-11-16(3)22(17(4)12-14)23-20(25)9-10-24-19-8-6-5-7-18(19)15(2)13-21(24)26/h5-8,11-13H,9-10H2,1-4H3,(H,23,25). The molecule has 134 valence electrons. The van der Waals surface area contributed by atoms with Gasteiger partial charge in [-0.15, -0.1) is 0 Å². The molecule has 0 atom stereocenters. The molecule has 3 aromatic rings. The lowest BCUT2D eigenvalue weighted by atomic mass is 10.0. The van der Waals surface area contributed by atoms with Crippen LogP contribution in [0.4, 0.5) is 5.69 Å². The fourth-order valence-corrected chi connectivity index (χ4v) is 3.53. The van der Waals surface area contributed by atoms with Crippen molar-refractivity contribution in [2.45, 2.75) is 40.7 Å². The zero-order chi connectivity index (χ0) is 18.8. The maximum atomic E-state index is 12.5. The highest BCUT2D eigenvalue weighted by atomic mass is 16.1. The smallest absolute Gasteiger partial charge is 0.251 e. The summed E-state index contributed by atoms with van der Waals surface area (Å²) in [5.41, 5.74) is 5.89. The van der Waals surface area contributed by atoms with Crippen LogP contribution in [-0.2, 0) is 11.3 Å². The molecule has 1 aromatic heterocycles. The number of para-hydroxylation sites is 1. The minimum atomic E-state index is -0.0865. The highest BCUT2D eigenvalue weighted by Gasteiger charge is 2.11. The predicted molar refractivity (Wildman–Crippen MR) is 107 cm³/mol. The van der Waals surface area contributed by atoms with Crippen LogP contribution in [-0.4, -0.2) is 10.5 Å². The molecule has 0 fully saturated rings. The Hall–Kier alpha value is -2.88. The van der Waals surface area contributed by atoms with Crippen molar-refractivity contribution in [2.75, 3.05) is 5.32 Å². The highest BCUT2D eigenvalue weighted by Crippen LogP contribution is 2.22. The Morgan fingerprint density at radius 3 is 2.31 bits per heavy atom. The van der Waals surface area contributed by atoms with Crippen LogP contribution in [0, 0.1) is 27.7 Å². The summed E-state index contributed by atoms with van der Waals surface area (Å²) in [5.74, 6) is -0.0865. The van der Waals surface area contributed by atoms with Gasteiger partial charge in [0.25, 0.3) is 5.56 Å². The van der Waals surface area contributed by atoms with Crippen molar-refractivity contribution in [3.05, 3.63) is 75.1 Å². The van der Waals surface area contributed by atoms with Crippen molar-refractivity contribution >= 4 is 22.5 Å². The third kappa shape index (κ3) is 3.54. The summed E-state index contributed by atoms with van der Waals surface area (Å²) in [6.07, 6.45) is 0.250. The Bertz CT molecular complexity index is 1020. The molecular weight excluding hydrogens is 324 g/mol. The minimum Gasteiger partial charge on any atom is -0.326 e. The zero-order valence-electron chi connectivity index (χ0n) is 15.7. The van der Waals surface area contributed by atoms with E-state index in [4.69, 9.17) is 0 Å². The molecule has 0 radical (unpaired) electrons. The van der Waals surface area contributed by atoms with Gasteiger partial charge in [-0.3, -0.25) is 9.59 Å². The van der Waals surface area contributed by atoms with Crippen LogP contribution in [0.1, 0.15) is 28.7 Å². The largest absolute Gasteiger partial charge is 0.326 e. The maximum Gasteiger partial charge on any atom is 0.251 e. The second kappa shape index (κ2) is 7.16. The Balaban J connectivity index is 1.81. The Kier molecular flexibility index (Phi) is 4.94. The monoisotopic (exact) mass is 348 g/mol. The third-order valence-electron chi connectivity index (χ3n) is 4.73. The van der Waals surface area contributed by atoms with Crippen LogP contribution in [0.3, 0.4) is 0 Å². The molecule has 0 aliphatic rings. The van der Waals surface area contributed by atoms with E-state index in [1.165, 1.54) is 5.56 Å². The third-order valence-corrected chi connectivity index (χ3v) is 4.73. The summed E-state index contributed by atoms with van der Waals surface area (Å²) in [5, 5.41) is 4.04. The number of amides is 1. The molecule has 1 amide bonds. The summed E-state index contributed by atoms with van der Waals surface area (Å²) < 4.78 is 1.68. The number of rotatable bonds is 4. The molecule has 0 bridgehead atoms. The number of hydrogen-bond acceptors (Lipinski definition) is 2. The predicted octanol–water partition coefficient (Wildman–Crippen LogP) is 4.26. The summed E-state index contributed by atoms with van der Waals surface area (Å²) in [6, 6.07) is 13.5. The number of nitrogens with zero attached hydrogens (tertiary/aromatic N) is 1. The first kappa shape index (κ1) is 17.9. The number of pyridine rings is 1. The lowest BCUT2D eigenvalue weighted by Gasteiger charge is -2.14. The SMILES string of the molecule is Cc1cc(C)c(NC(=O)CCn2c(=O)cc(C)c3ccccc32)c(C)c1. The van der Waals surface area contributed by atoms with Crippen LogP contribution in [0.5, 0.6) is 0 Å². The van der Waals surface area contributed by atoms with Gasteiger partial charge in [0.2, 0.25) is 5.91 Å². The first-order chi connectivity index (χ1) is 12.4. The van der Waals surface area contributed by atoms with E-state index in [0.29, 0.717) is 6.54 Å². The minimum absolute atomic E-state index is 0.0725. The van der Waals surface area contributed by atoms with E-state index in [1.54, 1.807) is 10.6 Å². The second-order valence-electron chi connectivity index (χ2n) is 6.91. The van der Waals surface area contributed by atoms with E-state index in [9.17, 15) is 9.59 Å². The van der Waals surface area contributed by atoms with Crippen molar-refractivity contribution < 1.29 is 4.79 Å². The van der Waals surface area contributed by atoms with Crippen LogP contribution < -0.4 is 10.9 Å². The van der Waals surface area contributed by atoms with Crippen LogP contribution in [0.2, 0.25) is 0 Å². The Labute approximate surface area is 153 Å². The number of anilines is 1. The van der Waals surface area contributed by atoms with E-state index < -0.39 is 0 Å². The Morgan fingerprint density at radius 1 is 0.962 bits per heavy atom. The molecule has 2 aromatic carbocycles. The maximum absolute atomic E-state index is 12.5. The quantitative estimate of drug-likeness (QED) is 0.766. The van der Waals surface area contributed by atoms with Crippen LogP contribution >= 0.6 is 0 Å². The Morgan fingerprint density at radius 2 is 1.62 bits per heavy atom. The van der Waals surface area contributed by atoms with E-state index in [2.05, 4.69) is 17.4 Å². The summed E-state index contributed by atoms with van der Waals surface area (Å²) >= 11 is 0. The summed E-state index contributed by atoms with van der Waals surface area (Å²) in [7, 11) is 0. The van der Waals surface area contributed by atoms with Gasteiger partial charge < -0.3 is 9.88 Å². The van der Waals surface area contributed by atoms with Gasteiger partial charge >= 0.3 is 0 Å². The zero-order valence-corrected chi connectivity index (χ0v) is 15.7. The fraction of sp³-hybridized carbons (Fsp3) is 0.273. The first-order valence-electron chi connectivity index (χ1n) is 8.83. The lowest BCUT2D eigenvalue weighted by Crippen LogP contribution is -2.24. The van der Waals surface area contributed by atoms with Crippen molar-refractivity contribution in [1.29, 1.82) is 0 Å². The number of carbonyl (C=O) groups is 1. The average Bonchev–Trinajstić information content (AvgIpc) is 2.58. The van der Waals surface area contributed by atoms with Crippen LogP contribution in [0.15, 0.2) is 47.3 Å². The molecule has 1 heterocycles. The van der Waals surface area contributed by atoms with Gasteiger partial charge in [0.1, 0.15) is 0 Å². The number of benzene rings is 2. The molecule has 0 saturated heterocycles. The number of carbonyl (C=O) groups excluding carboxylic acids is 1. The van der Waals surface area contributed by atoms with Crippen molar-refractivity contribution in [1.82, 2.24) is 4.57 Å². The molecule has 26 heavy (non-hydrogen) atoms. The van der Waals surface area contributed by atoms with Crippen molar-refractivity contribution in [3.8, 4) is 0 Å².